The van der Waals surface area contributed by atoms with Crippen molar-refractivity contribution in [2.75, 3.05) is 58.0 Å². The predicted molar refractivity (Wildman–Crippen MR) is 105 cm³/mol. The summed E-state index contributed by atoms with van der Waals surface area (Å²) in [5.74, 6) is 1.66. The predicted octanol–water partition coefficient (Wildman–Crippen LogP) is 3.04. The molecule has 2 saturated heterocycles. The Kier molecular flexibility index (Phi) is 5.90. The second kappa shape index (κ2) is 8.35. The zero-order chi connectivity index (χ0) is 17.9. The number of aromatic nitrogens is 2. The molecule has 142 valence electrons. The first-order valence-corrected chi connectivity index (χ1v) is 10.4. The van der Waals surface area contributed by atoms with Gasteiger partial charge in [0.25, 0.3) is 0 Å². The lowest BCUT2D eigenvalue weighted by atomic mass is 9.98. The van der Waals surface area contributed by atoms with Gasteiger partial charge in [0.1, 0.15) is 0 Å². The van der Waals surface area contributed by atoms with Crippen LogP contribution < -0.4 is 4.90 Å². The molecule has 2 aromatic rings. The normalized spacial score (nSPS) is 20.2. The molecule has 2 aliphatic heterocycles. The second-order valence-electron chi connectivity index (χ2n) is 7.02. The molecule has 2 aromatic heterocycles. The van der Waals surface area contributed by atoms with E-state index in [1.165, 1.54) is 17.7 Å². The summed E-state index contributed by atoms with van der Waals surface area (Å²) < 4.78 is 11.9. The van der Waals surface area contributed by atoms with E-state index in [9.17, 15) is 0 Å². The van der Waals surface area contributed by atoms with Crippen LogP contribution in [0.1, 0.15) is 17.7 Å². The van der Waals surface area contributed by atoms with Crippen LogP contribution in [-0.2, 0) is 16.0 Å². The van der Waals surface area contributed by atoms with Gasteiger partial charge in [-0.2, -0.15) is 4.98 Å². The van der Waals surface area contributed by atoms with E-state index >= 15 is 0 Å². The molecule has 0 aromatic carbocycles. The summed E-state index contributed by atoms with van der Waals surface area (Å²) in [6, 6.07) is 2.18. The molecule has 8 heteroatoms. The smallest absolute Gasteiger partial charge is 0.224 e. The van der Waals surface area contributed by atoms with E-state index in [0.717, 1.165) is 68.6 Å². The first-order valence-electron chi connectivity index (χ1n) is 9.23. The highest BCUT2D eigenvalue weighted by Gasteiger charge is 2.22. The topological polar surface area (TPSA) is 50.7 Å². The van der Waals surface area contributed by atoms with E-state index in [1.807, 2.05) is 0 Å². The summed E-state index contributed by atoms with van der Waals surface area (Å²) in [6.07, 6.45) is 2.42. The van der Waals surface area contributed by atoms with Crippen LogP contribution in [0.3, 0.4) is 0 Å². The molecule has 2 aliphatic rings. The van der Waals surface area contributed by atoms with Gasteiger partial charge in [-0.3, -0.25) is 4.90 Å². The Morgan fingerprint density at radius 1 is 1.23 bits per heavy atom. The highest BCUT2D eigenvalue weighted by Crippen LogP contribution is 2.34. The Morgan fingerprint density at radius 3 is 2.73 bits per heavy atom. The molecule has 0 N–H and O–H groups in total. The van der Waals surface area contributed by atoms with Crippen molar-refractivity contribution in [2.45, 2.75) is 19.4 Å². The summed E-state index contributed by atoms with van der Waals surface area (Å²) in [7, 11) is 1.79. The van der Waals surface area contributed by atoms with Crippen molar-refractivity contribution in [1.82, 2.24) is 14.9 Å². The number of ether oxygens (including phenoxy) is 2. The summed E-state index contributed by atoms with van der Waals surface area (Å²) in [5, 5.41) is 0.323. The molecule has 0 unspecified atom stereocenters. The van der Waals surface area contributed by atoms with Gasteiger partial charge in [0.05, 0.1) is 23.4 Å². The number of methoxy groups -OCH3 is 1. The van der Waals surface area contributed by atoms with Gasteiger partial charge in [0, 0.05) is 38.2 Å². The van der Waals surface area contributed by atoms with Crippen LogP contribution in [0.15, 0.2) is 6.07 Å². The minimum absolute atomic E-state index is 0.323. The Labute approximate surface area is 163 Å². The van der Waals surface area contributed by atoms with Crippen molar-refractivity contribution in [2.24, 2.45) is 5.92 Å². The molecular weight excluding hydrogens is 372 g/mol. The van der Waals surface area contributed by atoms with E-state index in [4.69, 9.17) is 21.1 Å². The Hall–Kier alpha value is -0.990. The van der Waals surface area contributed by atoms with Gasteiger partial charge in [-0.05, 0) is 49.5 Å². The average molecular weight is 397 g/mol. The summed E-state index contributed by atoms with van der Waals surface area (Å²) in [4.78, 5) is 15.1. The van der Waals surface area contributed by atoms with E-state index in [0.29, 0.717) is 11.2 Å². The van der Waals surface area contributed by atoms with Crippen LogP contribution in [0.2, 0.25) is 5.28 Å². The standard InChI is InChI=1S/C18H25ClN4O2S/c1-24-12-13-2-4-22(5-3-13)11-14-10-15-16(26-14)17(21-18(19)20-15)23-6-8-25-9-7-23/h10,13H,2-9,11-12H2,1H3. The van der Waals surface area contributed by atoms with Crippen molar-refractivity contribution < 1.29 is 9.47 Å². The largest absolute Gasteiger partial charge is 0.384 e. The molecule has 2 fully saturated rings. The van der Waals surface area contributed by atoms with Gasteiger partial charge in [-0.25, -0.2) is 4.98 Å². The lowest BCUT2D eigenvalue weighted by molar-refractivity contribution is 0.0972. The number of nitrogens with zero attached hydrogens (tertiary/aromatic N) is 4. The highest BCUT2D eigenvalue weighted by atomic mass is 35.5. The number of hydrogen-bond donors (Lipinski definition) is 0. The number of anilines is 1. The SMILES string of the molecule is COCC1CCN(Cc2cc3nc(Cl)nc(N4CCOCC4)c3s2)CC1. The molecule has 4 heterocycles. The third-order valence-corrected chi connectivity index (χ3v) is 6.45. The third kappa shape index (κ3) is 4.12. The van der Waals surface area contributed by atoms with E-state index in [-0.39, 0.29) is 0 Å². The molecule has 4 rings (SSSR count). The lowest BCUT2D eigenvalue weighted by Gasteiger charge is -2.31. The number of thiophene rings is 1. The Balaban J connectivity index is 1.50. The van der Waals surface area contributed by atoms with Crippen molar-refractivity contribution in [1.29, 1.82) is 0 Å². The van der Waals surface area contributed by atoms with Crippen molar-refractivity contribution in [3.05, 3.63) is 16.2 Å². The molecule has 0 aliphatic carbocycles. The number of rotatable bonds is 5. The van der Waals surface area contributed by atoms with Gasteiger partial charge < -0.3 is 14.4 Å². The summed E-state index contributed by atoms with van der Waals surface area (Å²) in [5.41, 5.74) is 0.959. The molecule has 6 nitrogen and oxygen atoms in total. The monoisotopic (exact) mass is 396 g/mol. The van der Waals surface area contributed by atoms with Crippen molar-refractivity contribution >= 4 is 39.0 Å². The maximum atomic E-state index is 6.19. The number of halogens is 1. The van der Waals surface area contributed by atoms with Gasteiger partial charge >= 0.3 is 0 Å². The molecule has 26 heavy (non-hydrogen) atoms. The van der Waals surface area contributed by atoms with E-state index in [1.54, 1.807) is 18.4 Å². The first-order chi connectivity index (χ1) is 12.7. The molecule has 0 bridgehead atoms. The number of piperidine rings is 1. The zero-order valence-electron chi connectivity index (χ0n) is 15.1. The van der Waals surface area contributed by atoms with Crippen LogP contribution >= 0.6 is 22.9 Å². The van der Waals surface area contributed by atoms with Crippen molar-refractivity contribution in [3.8, 4) is 0 Å². The molecule has 0 saturated carbocycles. The number of likely N-dealkylation sites (tertiary alicyclic amines) is 1. The Morgan fingerprint density at radius 2 is 2.00 bits per heavy atom. The minimum atomic E-state index is 0.323. The van der Waals surface area contributed by atoms with Crippen LogP contribution in [-0.4, -0.2) is 68.0 Å². The summed E-state index contributed by atoms with van der Waals surface area (Å²) in [6.45, 7) is 7.28. The lowest BCUT2D eigenvalue weighted by Crippen LogP contribution is -2.36. The highest BCUT2D eigenvalue weighted by molar-refractivity contribution is 7.19. The van der Waals surface area contributed by atoms with Crippen LogP contribution in [0.25, 0.3) is 10.2 Å². The quantitative estimate of drug-likeness (QED) is 0.724. The number of morpholine rings is 1. The number of fused-ring (bicyclic) bond motifs is 1. The fraction of sp³-hybridized carbons (Fsp3) is 0.667. The van der Waals surface area contributed by atoms with Gasteiger partial charge in [-0.1, -0.05) is 0 Å². The fourth-order valence-corrected chi connectivity index (χ4v) is 5.10. The second-order valence-corrected chi connectivity index (χ2v) is 8.49. The maximum Gasteiger partial charge on any atom is 0.224 e. The Bertz CT molecular complexity index is 742. The van der Waals surface area contributed by atoms with Gasteiger partial charge in [0.2, 0.25) is 5.28 Å². The fourth-order valence-electron chi connectivity index (χ4n) is 3.77. The van der Waals surface area contributed by atoms with Gasteiger partial charge in [-0.15, -0.1) is 11.3 Å². The van der Waals surface area contributed by atoms with Crippen LogP contribution in [0, 0.1) is 5.92 Å². The van der Waals surface area contributed by atoms with E-state index in [2.05, 4.69) is 25.8 Å². The molecular formula is C18H25ClN4O2S. The number of hydrogen-bond acceptors (Lipinski definition) is 7. The van der Waals surface area contributed by atoms with Crippen LogP contribution in [0.5, 0.6) is 0 Å². The average Bonchev–Trinajstić information content (AvgIpc) is 3.05. The molecule has 0 radical (unpaired) electrons. The molecule has 0 spiro atoms. The third-order valence-electron chi connectivity index (χ3n) is 5.18. The zero-order valence-corrected chi connectivity index (χ0v) is 16.7. The maximum absolute atomic E-state index is 6.19. The molecule has 0 amide bonds. The minimum Gasteiger partial charge on any atom is -0.384 e. The summed E-state index contributed by atoms with van der Waals surface area (Å²) >= 11 is 7.99. The molecule has 0 atom stereocenters. The van der Waals surface area contributed by atoms with Crippen molar-refractivity contribution in [3.63, 3.8) is 0 Å². The van der Waals surface area contributed by atoms with E-state index < -0.39 is 0 Å². The van der Waals surface area contributed by atoms with Crippen LogP contribution in [0.4, 0.5) is 5.82 Å². The first kappa shape index (κ1) is 18.4. The van der Waals surface area contributed by atoms with Gasteiger partial charge in [0.15, 0.2) is 5.82 Å².